The number of halogens is 1. The Kier molecular flexibility index (Phi) is 6.81. The van der Waals surface area contributed by atoms with Crippen molar-refractivity contribution in [2.75, 3.05) is 6.54 Å². The van der Waals surface area contributed by atoms with Crippen molar-refractivity contribution in [2.24, 2.45) is 0 Å². The molecule has 0 aliphatic heterocycles. The maximum atomic E-state index is 13.6. The van der Waals surface area contributed by atoms with E-state index in [-0.39, 0.29) is 41.8 Å². The predicted octanol–water partition coefficient (Wildman–Crippen LogP) is 3.09. The number of aromatic nitrogens is 1. The number of amides is 2. The maximum Gasteiger partial charge on any atom is 0.270 e. The Balaban J connectivity index is 1.50. The number of nitro benzene ring substituents is 1. The second-order valence-electron chi connectivity index (χ2n) is 6.21. The Morgan fingerprint density at radius 3 is 2.67 bits per heavy atom. The molecule has 3 aromatic rings. The molecule has 154 valence electrons. The Morgan fingerprint density at radius 1 is 1.10 bits per heavy atom. The van der Waals surface area contributed by atoms with Crippen molar-refractivity contribution in [3.05, 3.63) is 91.7 Å². The van der Waals surface area contributed by atoms with Gasteiger partial charge in [0.15, 0.2) is 0 Å². The molecule has 0 fully saturated rings. The van der Waals surface area contributed by atoms with Crippen molar-refractivity contribution in [3.8, 4) is 0 Å². The molecule has 1 aromatic heterocycles. The minimum absolute atomic E-state index is 0.0781. The first-order valence-electron chi connectivity index (χ1n) is 8.92. The van der Waals surface area contributed by atoms with Crippen LogP contribution in [0.1, 0.15) is 31.4 Å². The highest BCUT2D eigenvalue weighted by atomic mass is 32.1. The lowest BCUT2D eigenvalue weighted by atomic mass is 10.1. The molecule has 8 nitrogen and oxygen atoms in total. The molecule has 1 heterocycles. The first kappa shape index (κ1) is 21.1. The first-order chi connectivity index (χ1) is 14.4. The third kappa shape index (κ3) is 5.45. The Hall–Kier alpha value is -3.66. The van der Waals surface area contributed by atoms with Gasteiger partial charge < -0.3 is 10.6 Å². The molecule has 0 radical (unpaired) electrons. The van der Waals surface area contributed by atoms with Gasteiger partial charge in [-0.05, 0) is 24.1 Å². The average molecular weight is 428 g/mol. The summed E-state index contributed by atoms with van der Waals surface area (Å²) in [5.74, 6) is -1.19. The van der Waals surface area contributed by atoms with Gasteiger partial charge in [-0.2, -0.15) is 0 Å². The summed E-state index contributed by atoms with van der Waals surface area (Å²) in [5.41, 5.74) is 0.701. The molecule has 0 saturated carbocycles. The third-order valence-corrected chi connectivity index (χ3v) is 4.99. The summed E-state index contributed by atoms with van der Waals surface area (Å²) < 4.78 is 13.6. The van der Waals surface area contributed by atoms with Gasteiger partial charge in [-0.3, -0.25) is 19.7 Å². The second kappa shape index (κ2) is 9.70. The van der Waals surface area contributed by atoms with Crippen molar-refractivity contribution in [3.63, 3.8) is 0 Å². The van der Waals surface area contributed by atoms with E-state index in [1.807, 2.05) is 0 Å². The fourth-order valence-electron chi connectivity index (χ4n) is 2.62. The van der Waals surface area contributed by atoms with E-state index < -0.39 is 10.8 Å². The lowest BCUT2D eigenvalue weighted by Gasteiger charge is -2.05. The summed E-state index contributed by atoms with van der Waals surface area (Å²) in [4.78, 5) is 38.8. The minimum atomic E-state index is -0.575. The van der Waals surface area contributed by atoms with Crippen LogP contribution in [0.4, 0.5) is 10.1 Å². The molecular weight excluding hydrogens is 411 g/mol. The zero-order valence-electron chi connectivity index (χ0n) is 15.6. The van der Waals surface area contributed by atoms with Crippen molar-refractivity contribution < 1.29 is 18.9 Å². The standard InChI is InChI=1S/C20H17FN4O4S/c21-16-7-2-1-4-13(16)8-9-22-20(27)17-12-30-18(24-17)11-23-19(26)14-5-3-6-15(10-14)25(28)29/h1-7,10,12H,8-9,11H2,(H,22,27)(H,23,26). The molecule has 10 heteroatoms. The number of hydrogen-bond acceptors (Lipinski definition) is 6. The molecule has 0 aliphatic carbocycles. The summed E-state index contributed by atoms with van der Waals surface area (Å²) in [6, 6.07) is 11.7. The lowest BCUT2D eigenvalue weighted by Crippen LogP contribution is -2.26. The largest absolute Gasteiger partial charge is 0.350 e. The number of carbonyl (C=O) groups excluding carboxylic acids is 2. The van der Waals surface area contributed by atoms with Gasteiger partial charge in [0, 0.05) is 29.6 Å². The van der Waals surface area contributed by atoms with E-state index >= 15 is 0 Å². The SMILES string of the molecule is O=C(NCc1nc(C(=O)NCCc2ccccc2F)cs1)c1cccc([N+](=O)[O-])c1. The van der Waals surface area contributed by atoms with Crippen LogP contribution in [-0.2, 0) is 13.0 Å². The van der Waals surface area contributed by atoms with Crippen LogP contribution in [0.3, 0.4) is 0 Å². The molecule has 2 amide bonds. The first-order valence-corrected chi connectivity index (χ1v) is 9.80. The molecule has 0 saturated heterocycles. The molecule has 0 aliphatic rings. The average Bonchev–Trinajstić information content (AvgIpc) is 3.22. The van der Waals surface area contributed by atoms with Gasteiger partial charge in [-0.25, -0.2) is 9.37 Å². The monoisotopic (exact) mass is 428 g/mol. The Bertz CT molecular complexity index is 1090. The highest BCUT2D eigenvalue weighted by Gasteiger charge is 2.14. The number of benzene rings is 2. The number of hydrogen-bond donors (Lipinski definition) is 2. The van der Waals surface area contributed by atoms with E-state index in [4.69, 9.17) is 0 Å². The van der Waals surface area contributed by atoms with Crippen molar-refractivity contribution >= 4 is 28.8 Å². The van der Waals surface area contributed by atoms with E-state index in [1.165, 1.54) is 41.7 Å². The Labute approximate surface area is 174 Å². The zero-order chi connectivity index (χ0) is 21.5. The van der Waals surface area contributed by atoms with E-state index in [0.29, 0.717) is 17.0 Å². The molecule has 30 heavy (non-hydrogen) atoms. The van der Waals surface area contributed by atoms with Crippen LogP contribution < -0.4 is 10.6 Å². The van der Waals surface area contributed by atoms with Crippen LogP contribution >= 0.6 is 11.3 Å². The van der Waals surface area contributed by atoms with Crippen molar-refractivity contribution in [1.82, 2.24) is 15.6 Å². The lowest BCUT2D eigenvalue weighted by molar-refractivity contribution is -0.384. The number of non-ortho nitro benzene ring substituents is 1. The minimum Gasteiger partial charge on any atom is -0.350 e. The van der Waals surface area contributed by atoms with E-state index in [9.17, 15) is 24.1 Å². The van der Waals surface area contributed by atoms with Crippen molar-refractivity contribution in [2.45, 2.75) is 13.0 Å². The van der Waals surface area contributed by atoms with E-state index in [1.54, 1.807) is 23.6 Å². The van der Waals surface area contributed by atoms with Gasteiger partial charge in [0.1, 0.15) is 16.5 Å². The summed E-state index contributed by atoms with van der Waals surface area (Å²) in [6.45, 7) is 0.338. The number of nitrogens with zero attached hydrogens (tertiary/aromatic N) is 2. The normalized spacial score (nSPS) is 10.4. The summed E-state index contributed by atoms with van der Waals surface area (Å²) in [7, 11) is 0. The highest BCUT2D eigenvalue weighted by Crippen LogP contribution is 2.14. The van der Waals surface area contributed by atoms with Gasteiger partial charge in [-0.15, -0.1) is 11.3 Å². The van der Waals surface area contributed by atoms with Crippen molar-refractivity contribution in [1.29, 1.82) is 0 Å². The molecule has 2 N–H and O–H groups in total. The summed E-state index contributed by atoms with van der Waals surface area (Å²) >= 11 is 1.20. The summed E-state index contributed by atoms with van der Waals surface area (Å²) in [5, 5.41) is 18.2. The number of nitro groups is 1. The van der Waals surface area contributed by atoms with E-state index in [2.05, 4.69) is 15.6 Å². The van der Waals surface area contributed by atoms with Gasteiger partial charge in [0.25, 0.3) is 17.5 Å². The fraction of sp³-hybridized carbons (Fsp3) is 0.150. The van der Waals surface area contributed by atoms with Gasteiger partial charge in [0.2, 0.25) is 0 Å². The van der Waals surface area contributed by atoms with Gasteiger partial charge >= 0.3 is 0 Å². The number of rotatable bonds is 8. The number of thiazole rings is 1. The second-order valence-corrected chi connectivity index (χ2v) is 7.16. The third-order valence-electron chi connectivity index (χ3n) is 4.14. The van der Waals surface area contributed by atoms with Crippen LogP contribution in [-0.4, -0.2) is 28.3 Å². The summed E-state index contributed by atoms with van der Waals surface area (Å²) in [6.07, 6.45) is 0.356. The predicted molar refractivity (Wildman–Crippen MR) is 109 cm³/mol. The van der Waals surface area contributed by atoms with E-state index in [0.717, 1.165) is 0 Å². The molecule has 3 rings (SSSR count). The molecular formula is C20H17FN4O4S. The fourth-order valence-corrected chi connectivity index (χ4v) is 3.33. The van der Waals surface area contributed by atoms with Crippen LogP contribution in [0.5, 0.6) is 0 Å². The van der Waals surface area contributed by atoms with Crippen LogP contribution in [0.15, 0.2) is 53.9 Å². The van der Waals surface area contributed by atoms with Gasteiger partial charge in [0.05, 0.1) is 11.5 Å². The maximum absolute atomic E-state index is 13.6. The Morgan fingerprint density at radius 2 is 1.90 bits per heavy atom. The van der Waals surface area contributed by atoms with Crippen LogP contribution in [0.2, 0.25) is 0 Å². The smallest absolute Gasteiger partial charge is 0.270 e. The topological polar surface area (TPSA) is 114 Å². The number of nitrogens with one attached hydrogen (secondary N) is 2. The highest BCUT2D eigenvalue weighted by molar-refractivity contribution is 7.09. The molecule has 2 aromatic carbocycles. The number of carbonyl (C=O) groups is 2. The molecule has 0 bridgehead atoms. The quantitative estimate of drug-likeness (QED) is 0.423. The zero-order valence-corrected chi connectivity index (χ0v) is 16.4. The molecule has 0 atom stereocenters. The van der Waals surface area contributed by atoms with Gasteiger partial charge in [-0.1, -0.05) is 24.3 Å². The molecule has 0 spiro atoms. The van der Waals surface area contributed by atoms with Crippen LogP contribution in [0.25, 0.3) is 0 Å². The van der Waals surface area contributed by atoms with Crippen LogP contribution in [0, 0.1) is 15.9 Å². The molecule has 0 unspecified atom stereocenters.